The Kier molecular flexibility index (Phi) is 4.37. The molecule has 0 aliphatic carbocycles. The fourth-order valence-electron chi connectivity index (χ4n) is 1.78. The highest BCUT2D eigenvalue weighted by Gasteiger charge is 2.17. The second kappa shape index (κ2) is 6.05. The Morgan fingerprint density at radius 2 is 2.10 bits per heavy atom. The van der Waals surface area contributed by atoms with Crippen LogP contribution in [0.4, 0.5) is 0 Å². The van der Waals surface area contributed by atoms with Crippen molar-refractivity contribution in [1.82, 2.24) is 9.97 Å². The third kappa shape index (κ3) is 3.66. The first-order chi connectivity index (χ1) is 9.93. The van der Waals surface area contributed by atoms with Crippen LogP contribution in [0.1, 0.15) is 30.6 Å². The number of rotatable bonds is 6. The number of hydrogen-bond acceptors (Lipinski definition) is 5. The first-order valence-corrected chi connectivity index (χ1v) is 6.59. The molecule has 112 valence electrons. The number of methoxy groups -OCH3 is 1. The number of benzene rings is 1. The molecule has 0 aliphatic rings. The first-order valence-electron chi connectivity index (χ1n) is 6.59. The van der Waals surface area contributed by atoms with Crippen LogP contribution >= 0.6 is 0 Å². The topological polar surface area (TPSA) is 81.5 Å². The van der Waals surface area contributed by atoms with Crippen LogP contribution in [0.15, 0.2) is 24.5 Å². The molecule has 0 spiro atoms. The quantitative estimate of drug-likeness (QED) is 0.880. The van der Waals surface area contributed by atoms with Crippen molar-refractivity contribution in [2.24, 2.45) is 0 Å². The van der Waals surface area contributed by atoms with Crippen molar-refractivity contribution in [2.45, 2.75) is 25.9 Å². The Morgan fingerprint density at radius 3 is 2.76 bits per heavy atom. The van der Waals surface area contributed by atoms with Crippen molar-refractivity contribution in [3.8, 4) is 5.88 Å². The highest BCUT2D eigenvalue weighted by molar-refractivity contribution is 5.94. The zero-order valence-electron chi connectivity index (χ0n) is 12.3. The Balaban J connectivity index is 2.19. The van der Waals surface area contributed by atoms with Crippen LogP contribution in [0.25, 0.3) is 10.9 Å². The molecule has 0 unspecified atom stereocenters. The molecule has 1 aromatic carbocycles. The van der Waals surface area contributed by atoms with E-state index >= 15 is 0 Å². The Hall–Kier alpha value is -2.21. The maximum absolute atomic E-state index is 11.0. The molecule has 1 aromatic heterocycles. The maximum atomic E-state index is 11.0. The Morgan fingerprint density at radius 1 is 1.33 bits per heavy atom. The number of carboxylic acid groups (broad SMARTS) is 1. The van der Waals surface area contributed by atoms with E-state index in [0.717, 1.165) is 0 Å². The third-order valence-corrected chi connectivity index (χ3v) is 3.34. The SMILES string of the molecule is COC(C)(C)CCOc1ncnc2cc(C(=O)O)ccc12. The number of carbonyl (C=O) groups is 1. The molecular formula is C15H18N2O4. The van der Waals surface area contributed by atoms with Gasteiger partial charge in [-0.1, -0.05) is 0 Å². The minimum absolute atomic E-state index is 0.188. The summed E-state index contributed by atoms with van der Waals surface area (Å²) in [5.74, 6) is -0.538. The minimum Gasteiger partial charge on any atom is -0.478 e. The summed E-state index contributed by atoms with van der Waals surface area (Å²) in [5.41, 5.74) is 0.470. The molecule has 21 heavy (non-hydrogen) atoms. The summed E-state index contributed by atoms with van der Waals surface area (Å²) in [6, 6.07) is 4.68. The van der Waals surface area contributed by atoms with E-state index in [9.17, 15) is 4.79 Å². The summed E-state index contributed by atoms with van der Waals surface area (Å²) in [4.78, 5) is 19.1. The largest absolute Gasteiger partial charge is 0.478 e. The minimum atomic E-state index is -0.986. The van der Waals surface area contributed by atoms with E-state index in [4.69, 9.17) is 14.6 Å². The number of carboxylic acids is 1. The molecule has 0 aliphatic heterocycles. The second-order valence-corrected chi connectivity index (χ2v) is 5.28. The van der Waals surface area contributed by atoms with E-state index < -0.39 is 5.97 Å². The first kappa shape index (κ1) is 15.2. The summed E-state index contributed by atoms with van der Waals surface area (Å²) >= 11 is 0. The molecule has 0 atom stereocenters. The molecule has 0 saturated carbocycles. The van der Waals surface area contributed by atoms with Crippen LogP contribution in [0, 0.1) is 0 Å². The molecule has 0 radical (unpaired) electrons. The van der Waals surface area contributed by atoms with Crippen LogP contribution < -0.4 is 4.74 Å². The number of fused-ring (bicyclic) bond motifs is 1. The lowest BCUT2D eigenvalue weighted by Gasteiger charge is -2.22. The van der Waals surface area contributed by atoms with Gasteiger partial charge in [0.15, 0.2) is 0 Å². The molecule has 0 saturated heterocycles. The summed E-state index contributed by atoms with van der Waals surface area (Å²) in [7, 11) is 1.66. The molecule has 6 nitrogen and oxygen atoms in total. The van der Waals surface area contributed by atoms with Crippen molar-refractivity contribution in [2.75, 3.05) is 13.7 Å². The molecule has 0 amide bonds. The summed E-state index contributed by atoms with van der Waals surface area (Å²) in [5, 5.41) is 9.68. The smallest absolute Gasteiger partial charge is 0.335 e. The van der Waals surface area contributed by atoms with Crippen LogP contribution in [-0.2, 0) is 4.74 Å². The lowest BCUT2D eigenvalue weighted by molar-refractivity contribution is 0.00521. The zero-order valence-corrected chi connectivity index (χ0v) is 12.3. The predicted molar refractivity (Wildman–Crippen MR) is 77.7 cm³/mol. The van der Waals surface area contributed by atoms with Gasteiger partial charge in [0.1, 0.15) is 6.33 Å². The van der Waals surface area contributed by atoms with Gasteiger partial charge in [-0.2, -0.15) is 0 Å². The standard InChI is InChI=1S/C15H18N2O4/c1-15(2,20-3)6-7-21-13-11-5-4-10(14(18)19)8-12(11)16-9-17-13/h4-5,8-9H,6-7H2,1-3H3,(H,18,19). The van der Waals surface area contributed by atoms with E-state index in [1.807, 2.05) is 13.8 Å². The highest BCUT2D eigenvalue weighted by atomic mass is 16.5. The number of ether oxygens (including phenoxy) is 2. The lowest BCUT2D eigenvalue weighted by atomic mass is 10.1. The van der Waals surface area contributed by atoms with Crippen LogP contribution in [-0.4, -0.2) is 40.4 Å². The number of nitrogens with zero attached hydrogens (tertiary/aromatic N) is 2. The van der Waals surface area contributed by atoms with Gasteiger partial charge in [-0.3, -0.25) is 0 Å². The highest BCUT2D eigenvalue weighted by Crippen LogP contribution is 2.23. The van der Waals surface area contributed by atoms with E-state index in [2.05, 4.69) is 9.97 Å². The molecule has 1 heterocycles. The summed E-state index contributed by atoms with van der Waals surface area (Å²) < 4.78 is 11.0. The lowest BCUT2D eigenvalue weighted by Crippen LogP contribution is -2.25. The molecular weight excluding hydrogens is 272 g/mol. The second-order valence-electron chi connectivity index (χ2n) is 5.28. The zero-order chi connectivity index (χ0) is 15.5. The Bertz CT molecular complexity index is 655. The van der Waals surface area contributed by atoms with E-state index in [1.165, 1.54) is 18.5 Å². The van der Waals surface area contributed by atoms with Crippen molar-refractivity contribution in [3.05, 3.63) is 30.1 Å². The van der Waals surface area contributed by atoms with Gasteiger partial charge in [-0.05, 0) is 32.0 Å². The molecule has 0 bridgehead atoms. The monoisotopic (exact) mass is 290 g/mol. The van der Waals surface area contributed by atoms with Gasteiger partial charge in [0, 0.05) is 13.5 Å². The Labute approximate surface area is 122 Å². The van der Waals surface area contributed by atoms with Gasteiger partial charge < -0.3 is 14.6 Å². The number of aromatic nitrogens is 2. The molecule has 2 aromatic rings. The summed E-state index contributed by atoms with van der Waals surface area (Å²) in [6.07, 6.45) is 2.08. The normalized spacial score (nSPS) is 11.6. The maximum Gasteiger partial charge on any atom is 0.335 e. The van der Waals surface area contributed by atoms with Gasteiger partial charge in [0.2, 0.25) is 5.88 Å². The molecule has 2 rings (SSSR count). The van der Waals surface area contributed by atoms with E-state index in [1.54, 1.807) is 13.2 Å². The van der Waals surface area contributed by atoms with Crippen LogP contribution in [0.3, 0.4) is 0 Å². The number of aromatic carboxylic acids is 1. The summed E-state index contributed by atoms with van der Waals surface area (Å²) in [6.45, 7) is 4.41. The number of hydrogen-bond donors (Lipinski definition) is 1. The van der Waals surface area contributed by atoms with Gasteiger partial charge in [-0.25, -0.2) is 14.8 Å². The van der Waals surface area contributed by atoms with Crippen LogP contribution in [0.2, 0.25) is 0 Å². The van der Waals surface area contributed by atoms with Crippen molar-refractivity contribution >= 4 is 16.9 Å². The van der Waals surface area contributed by atoms with Gasteiger partial charge >= 0.3 is 5.97 Å². The van der Waals surface area contributed by atoms with Crippen molar-refractivity contribution in [3.63, 3.8) is 0 Å². The fraction of sp³-hybridized carbons (Fsp3) is 0.400. The van der Waals surface area contributed by atoms with Crippen molar-refractivity contribution in [1.29, 1.82) is 0 Å². The fourth-order valence-corrected chi connectivity index (χ4v) is 1.78. The van der Waals surface area contributed by atoms with Gasteiger partial charge in [0.25, 0.3) is 0 Å². The van der Waals surface area contributed by atoms with Gasteiger partial charge in [0.05, 0.1) is 28.7 Å². The third-order valence-electron chi connectivity index (χ3n) is 3.34. The molecule has 1 N–H and O–H groups in total. The van der Waals surface area contributed by atoms with Crippen molar-refractivity contribution < 1.29 is 19.4 Å². The average Bonchev–Trinajstić information content (AvgIpc) is 2.46. The van der Waals surface area contributed by atoms with E-state index in [-0.39, 0.29) is 11.2 Å². The predicted octanol–water partition coefficient (Wildman–Crippen LogP) is 2.52. The molecule has 0 fully saturated rings. The van der Waals surface area contributed by atoms with E-state index in [0.29, 0.717) is 29.8 Å². The van der Waals surface area contributed by atoms with Gasteiger partial charge in [-0.15, -0.1) is 0 Å². The van der Waals surface area contributed by atoms with Crippen LogP contribution in [0.5, 0.6) is 5.88 Å². The average molecular weight is 290 g/mol. The molecule has 6 heteroatoms.